The number of hydrogen-bond donors (Lipinski definition) is 0. The second kappa shape index (κ2) is 9.60. The van der Waals surface area contributed by atoms with E-state index in [1.807, 2.05) is 13.0 Å². The zero-order valence-electron chi connectivity index (χ0n) is 13.2. The van der Waals surface area contributed by atoms with E-state index in [1.54, 1.807) is 0 Å². The minimum absolute atomic E-state index is 0.297. The van der Waals surface area contributed by atoms with Gasteiger partial charge in [-0.2, -0.15) is 0 Å². The quantitative estimate of drug-likeness (QED) is 0.285. The Labute approximate surface area is 118 Å². The SMILES string of the molecule is COC(=O)C=C(C)C=CCC(C)CCC(C)=C(C)C. The summed E-state index contributed by atoms with van der Waals surface area (Å²) in [5.41, 5.74) is 3.86. The molecule has 0 rings (SSSR count). The van der Waals surface area contributed by atoms with Crippen molar-refractivity contribution in [1.29, 1.82) is 0 Å². The highest BCUT2D eigenvalue weighted by molar-refractivity contribution is 5.83. The fourth-order valence-electron chi connectivity index (χ4n) is 1.61. The molecule has 0 aliphatic heterocycles. The highest BCUT2D eigenvalue weighted by atomic mass is 16.5. The number of hydrogen-bond acceptors (Lipinski definition) is 2. The summed E-state index contributed by atoms with van der Waals surface area (Å²) in [4.78, 5) is 11.0. The van der Waals surface area contributed by atoms with Gasteiger partial charge < -0.3 is 4.74 Å². The van der Waals surface area contributed by atoms with Crippen LogP contribution in [-0.4, -0.2) is 13.1 Å². The standard InChI is InChI=1S/C17H28O2/c1-13(2)16(5)11-10-14(3)8-7-9-15(4)12-17(18)19-6/h7,9,12,14H,8,10-11H2,1-6H3. The summed E-state index contributed by atoms with van der Waals surface area (Å²) in [6.07, 6.45) is 9.06. The first-order chi connectivity index (χ1) is 8.86. The highest BCUT2D eigenvalue weighted by Crippen LogP contribution is 2.17. The molecule has 0 N–H and O–H groups in total. The molecule has 1 atom stereocenters. The van der Waals surface area contributed by atoms with Crippen LogP contribution in [0.3, 0.4) is 0 Å². The predicted molar refractivity (Wildman–Crippen MR) is 82.0 cm³/mol. The molecule has 0 aliphatic carbocycles. The summed E-state index contributed by atoms with van der Waals surface area (Å²) in [7, 11) is 1.39. The van der Waals surface area contributed by atoms with E-state index >= 15 is 0 Å². The van der Waals surface area contributed by atoms with Gasteiger partial charge in [-0.1, -0.05) is 30.2 Å². The van der Waals surface area contributed by atoms with E-state index < -0.39 is 0 Å². The number of methoxy groups -OCH3 is 1. The lowest BCUT2D eigenvalue weighted by Crippen LogP contribution is -1.95. The molecule has 1 unspecified atom stereocenters. The van der Waals surface area contributed by atoms with Crippen LogP contribution in [-0.2, 0) is 9.53 Å². The average molecular weight is 264 g/mol. The summed E-state index contributed by atoms with van der Waals surface area (Å²) in [6, 6.07) is 0. The van der Waals surface area contributed by atoms with Gasteiger partial charge in [0.2, 0.25) is 0 Å². The lowest BCUT2D eigenvalue weighted by Gasteiger charge is -2.09. The second-order valence-corrected chi connectivity index (χ2v) is 5.47. The van der Waals surface area contributed by atoms with E-state index in [4.69, 9.17) is 0 Å². The number of carbonyl (C=O) groups is 1. The predicted octanol–water partition coefficient (Wildman–Crippen LogP) is 4.82. The zero-order chi connectivity index (χ0) is 14.8. The number of ether oxygens (including phenoxy) is 1. The Kier molecular flexibility index (Phi) is 8.94. The van der Waals surface area contributed by atoms with E-state index in [0.717, 1.165) is 12.0 Å². The molecule has 19 heavy (non-hydrogen) atoms. The molecule has 0 radical (unpaired) electrons. The van der Waals surface area contributed by atoms with Crippen molar-refractivity contribution < 1.29 is 9.53 Å². The molecule has 0 heterocycles. The average Bonchev–Trinajstić information content (AvgIpc) is 2.35. The molecule has 0 spiro atoms. The Morgan fingerprint density at radius 3 is 2.37 bits per heavy atom. The molecule has 0 aromatic carbocycles. The van der Waals surface area contributed by atoms with Crippen LogP contribution in [0.1, 0.15) is 53.9 Å². The maximum atomic E-state index is 11.0. The Morgan fingerprint density at radius 2 is 1.84 bits per heavy atom. The first-order valence-corrected chi connectivity index (χ1v) is 6.92. The van der Waals surface area contributed by atoms with Crippen molar-refractivity contribution in [2.24, 2.45) is 5.92 Å². The summed E-state index contributed by atoms with van der Waals surface area (Å²) < 4.78 is 4.58. The van der Waals surface area contributed by atoms with E-state index in [1.165, 1.54) is 37.2 Å². The maximum absolute atomic E-state index is 11.0. The Hall–Kier alpha value is -1.31. The molecule has 0 amide bonds. The third-order valence-electron chi connectivity index (χ3n) is 3.33. The second-order valence-electron chi connectivity index (χ2n) is 5.47. The number of rotatable bonds is 7. The highest BCUT2D eigenvalue weighted by Gasteiger charge is 2.01. The Morgan fingerprint density at radius 1 is 1.21 bits per heavy atom. The van der Waals surface area contributed by atoms with E-state index in [9.17, 15) is 4.79 Å². The summed E-state index contributed by atoms with van der Waals surface area (Å²) >= 11 is 0. The Bertz CT molecular complexity index is 369. The van der Waals surface area contributed by atoms with E-state index in [-0.39, 0.29) is 5.97 Å². The van der Waals surface area contributed by atoms with Crippen LogP contribution in [0.15, 0.2) is 34.9 Å². The molecule has 108 valence electrons. The van der Waals surface area contributed by atoms with Crippen molar-refractivity contribution in [2.75, 3.05) is 7.11 Å². The van der Waals surface area contributed by atoms with E-state index in [0.29, 0.717) is 5.92 Å². The van der Waals surface area contributed by atoms with Gasteiger partial charge in [-0.05, 0) is 58.4 Å². The molecule has 0 saturated carbocycles. The summed E-state index contributed by atoms with van der Waals surface area (Å²) in [5, 5.41) is 0. The van der Waals surface area contributed by atoms with Gasteiger partial charge in [0, 0.05) is 6.08 Å². The van der Waals surface area contributed by atoms with Crippen molar-refractivity contribution in [3.8, 4) is 0 Å². The smallest absolute Gasteiger partial charge is 0.330 e. The van der Waals surface area contributed by atoms with Gasteiger partial charge in [0.15, 0.2) is 0 Å². The van der Waals surface area contributed by atoms with Crippen LogP contribution in [0, 0.1) is 5.92 Å². The van der Waals surface area contributed by atoms with Gasteiger partial charge in [0.1, 0.15) is 0 Å². The molecule has 0 saturated heterocycles. The molecular weight excluding hydrogens is 236 g/mol. The molecule has 2 nitrogen and oxygen atoms in total. The third kappa shape index (κ3) is 9.29. The molecular formula is C17H28O2. The van der Waals surface area contributed by atoms with Crippen molar-refractivity contribution in [3.63, 3.8) is 0 Å². The van der Waals surface area contributed by atoms with Crippen LogP contribution in [0.5, 0.6) is 0 Å². The van der Waals surface area contributed by atoms with Crippen LogP contribution in [0.2, 0.25) is 0 Å². The molecule has 0 bridgehead atoms. The minimum atomic E-state index is -0.297. The largest absolute Gasteiger partial charge is 0.466 e. The summed E-state index contributed by atoms with van der Waals surface area (Å²) in [6.45, 7) is 10.7. The molecule has 0 aromatic rings. The van der Waals surface area contributed by atoms with Crippen molar-refractivity contribution in [1.82, 2.24) is 0 Å². The topological polar surface area (TPSA) is 26.3 Å². The lowest BCUT2D eigenvalue weighted by molar-refractivity contribution is -0.134. The zero-order valence-corrected chi connectivity index (χ0v) is 13.2. The normalized spacial score (nSPS) is 13.5. The molecule has 2 heteroatoms. The van der Waals surface area contributed by atoms with Gasteiger partial charge in [0.05, 0.1) is 7.11 Å². The first-order valence-electron chi connectivity index (χ1n) is 6.92. The van der Waals surface area contributed by atoms with Gasteiger partial charge >= 0.3 is 5.97 Å². The third-order valence-corrected chi connectivity index (χ3v) is 3.33. The number of allylic oxidation sites excluding steroid dienone is 5. The molecule has 0 aliphatic rings. The summed E-state index contributed by atoms with van der Waals surface area (Å²) in [5.74, 6) is 0.367. The number of carbonyl (C=O) groups excluding carboxylic acids is 1. The van der Waals surface area contributed by atoms with Crippen LogP contribution < -0.4 is 0 Å². The van der Waals surface area contributed by atoms with Crippen molar-refractivity contribution >= 4 is 5.97 Å². The van der Waals surface area contributed by atoms with Crippen molar-refractivity contribution in [3.05, 3.63) is 34.9 Å². The molecule has 0 fully saturated rings. The van der Waals surface area contributed by atoms with Gasteiger partial charge in [-0.25, -0.2) is 4.79 Å². The van der Waals surface area contributed by atoms with Gasteiger partial charge in [-0.3, -0.25) is 0 Å². The monoisotopic (exact) mass is 264 g/mol. The van der Waals surface area contributed by atoms with Crippen LogP contribution in [0.4, 0.5) is 0 Å². The number of esters is 1. The molecule has 0 aromatic heterocycles. The van der Waals surface area contributed by atoms with Gasteiger partial charge in [-0.15, -0.1) is 0 Å². The first kappa shape index (κ1) is 17.7. The van der Waals surface area contributed by atoms with Crippen LogP contribution >= 0.6 is 0 Å². The van der Waals surface area contributed by atoms with E-state index in [2.05, 4.69) is 38.5 Å². The fraction of sp³-hybridized carbons (Fsp3) is 0.588. The van der Waals surface area contributed by atoms with Crippen molar-refractivity contribution in [2.45, 2.75) is 53.9 Å². The maximum Gasteiger partial charge on any atom is 0.330 e. The fourth-order valence-corrected chi connectivity index (χ4v) is 1.61. The lowest BCUT2D eigenvalue weighted by atomic mass is 9.97. The Balaban J connectivity index is 4.09. The minimum Gasteiger partial charge on any atom is -0.466 e. The van der Waals surface area contributed by atoms with Gasteiger partial charge in [0.25, 0.3) is 0 Å². The van der Waals surface area contributed by atoms with Crippen LogP contribution in [0.25, 0.3) is 0 Å².